The first-order valence-electron chi connectivity index (χ1n) is 10.1. The first kappa shape index (κ1) is 21.2. The molecule has 162 valence electrons. The molecule has 0 aliphatic carbocycles. The summed E-state index contributed by atoms with van der Waals surface area (Å²) in [6, 6.07) is 11.2. The van der Waals surface area contributed by atoms with Gasteiger partial charge in [-0.3, -0.25) is 14.5 Å². The van der Waals surface area contributed by atoms with E-state index < -0.39 is 0 Å². The van der Waals surface area contributed by atoms with Gasteiger partial charge in [0.05, 0.1) is 11.6 Å². The Labute approximate surface area is 186 Å². The van der Waals surface area contributed by atoms with Gasteiger partial charge in [-0.1, -0.05) is 29.3 Å². The fraction of sp³-hybridized carbons (Fsp3) is 0.304. The molecule has 0 spiro atoms. The minimum atomic E-state index is -0.0717. The van der Waals surface area contributed by atoms with Crippen molar-refractivity contribution in [2.45, 2.75) is 6.92 Å². The summed E-state index contributed by atoms with van der Waals surface area (Å²) in [6.45, 7) is 4.90. The molecular weight excluding hydrogens is 418 g/mol. The number of hydrogen-bond acceptors (Lipinski definition) is 5. The molecule has 8 heteroatoms. The maximum absolute atomic E-state index is 12.5. The Morgan fingerprint density at radius 2 is 1.84 bits per heavy atom. The zero-order valence-corrected chi connectivity index (χ0v) is 18.0. The van der Waals surface area contributed by atoms with Gasteiger partial charge in [-0.05, 0) is 42.8 Å². The highest BCUT2D eigenvalue weighted by Gasteiger charge is 2.22. The van der Waals surface area contributed by atoms with E-state index in [1.807, 2.05) is 31.2 Å². The van der Waals surface area contributed by atoms with Crippen LogP contribution in [0.1, 0.15) is 11.1 Å². The van der Waals surface area contributed by atoms with Crippen LogP contribution in [0, 0.1) is 6.92 Å². The average Bonchev–Trinajstić information content (AvgIpc) is 3.23. The Morgan fingerprint density at radius 1 is 1.10 bits per heavy atom. The molecule has 0 bridgehead atoms. The van der Waals surface area contributed by atoms with Crippen LogP contribution in [-0.4, -0.2) is 61.1 Å². The van der Waals surface area contributed by atoms with Crippen molar-refractivity contribution in [3.05, 3.63) is 58.6 Å². The van der Waals surface area contributed by atoms with E-state index in [0.29, 0.717) is 49.2 Å². The molecule has 2 aromatic carbocycles. The summed E-state index contributed by atoms with van der Waals surface area (Å²) in [5, 5.41) is 3.37. The third-order valence-corrected chi connectivity index (χ3v) is 5.54. The van der Waals surface area contributed by atoms with Crippen molar-refractivity contribution in [2.75, 3.05) is 44.8 Å². The number of hydrogen-bond donors (Lipinski definition) is 1. The molecule has 0 atom stereocenters. The Bertz CT molecular complexity index is 999. The van der Waals surface area contributed by atoms with Gasteiger partial charge in [0.15, 0.2) is 11.5 Å². The fourth-order valence-corrected chi connectivity index (χ4v) is 3.80. The minimum absolute atomic E-state index is 0.0526. The highest BCUT2D eigenvalue weighted by molar-refractivity contribution is 6.32. The summed E-state index contributed by atoms with van der Waals surface area (Å²) in [5.74, 6) is 0.991. The summed E-state index contributed by atoms with van der Waals surface area (Å²) in [4.78, 5) is 28.6. The summed E-state index contributed by atoms with van der Waals surface area (Å²) >= 11 is 6.18. The number of carbonyl (C=O) groups is 2. The molecule has 2 aliphatic rings. The second-order valence-electron chi connectivity index (χ2n) is 7.59. The molecule has 0 unspecified atom stereocenters. The molecule has 1 fully saturated rings. The van der Waals surface area contributed by atoms with Crippen LogP contribution in [0.5, 0.6) is 11.5 Å². The average molecular weight is 442 g/mol. The predicted molar refractivity (Wildman–Crippen MR) is 119 cm³/mol. The molecule has 0 aromatic heterocycles. The first-order chi connectivity index (χ1) is 15.0. The number of anilines is 1. The number of nitrogens with one attached hydrogen (secondary N) is 1. The highest BCUT2D eigenvalue weighted by Crippen LogP contribution is 2.40. The predicted octanol–water partition coefficient (Wildman–Crippen LogP) is 3.17. The highest BCUT2D eigenvalue weighted by atomic mass is 35.5. The zero-order valence-electron chi connectivity index (χ0n) is 17.3. The number of benzene rings is 2. The van der Waals surface area contributed by atoms with Gasteiger partial charge in [0, 0.05) is 37.9 Å². The van der Waals surface area contributed by atoms with Crippen molar-refractivity contribution < 1.29 is 19.1 Å². The van der Waals surface area contributed by atoms with E-state index in [2.05, 4.69) is 10.2 Å². The molecule has 1 N–H and O–H groups in total. The van der Waals surface area contributed by atoms with E-state index in [-0.39, 0.29) is 18.6 Å². The lowest BCUT2D eigenvalue weighted by atomic mass is 10.2. The van der Waals surface area contributed by atoms with E-state index in [4.69, 9.17) is 21.1 Å². The van der Waals surface area contributed by atoms with Crippen LogP contribution < -0.4 is 14.8 Å². The number of halogens is 1. The molecule has 2 amide bonds. The van der Waals surface area contributed by atoms with Crippen LogP contribution in [0.2, 0.25) is 5.02 Å². The molecule has 4 rings (SSSR count). The lowest BCUT2D eigenvalue weighted by Crippen LogP contribution is -2.50. The number of ether oxygens (including phenoxy) is 2. The molecule has 2 heterocycles. The first-order valence-corrected chi connectivity index (χ1v) is 10.5. The maximum atomic E-state index is 12.5. The van der Waals surface area contributed by atoms with Gasteiger partial charge in [-0.2, -0.15) is 0 Å². The molecular formula is C23H24ClN3O4. The summed E-state index contributed by atoms with van der Waals surface area (Å²) in [7, 11) is 0. The van der Waals surface area contributed by atoms with Crippen molar-refractivity contribution in [1.29, 1.82) is 0 Å². The van der Waals surface area contributed by atoms with Crippen molar-refractivity contribution in [3.63, 3.8) is 0 Å². The van der Waals surface area contributed by atoms with Gasteiger partial charge in [-0.15, -0.1) is 0 Å². The van der Waals surface area contributed by atoms with Crippen LogP contribution in [0.4, 0.5) is 5.69 Å². The van der Waals surface area contributed by atoms with Crippen molar-refractivity contribution in [3.8, 4) is 11.5 Å². The number of fused-ring (bicyclic) bond motifs is 1. The van der Waals surface area contributed by atoms with Crippen molar-refractivity contribution >= 4 is 35.2 Å². The topological polar surface area (TPSA) is 71.1 Å². The second-order valence-corrected chi connectivity index (χ2v) is 7.99. The number of nitrogens with zero attached hydrogens (tertiary/aromatic N) is 2. The van der Waals surface area contributed by atoms with E-state index in [1.165, 1.54) is 6.08 Å². The van der Waals surface area contributed by atoms with E-state index in [9.17, 15) is 9.59 Å². The lowest BCUT2D eigenvalue weighted by molar-refractivity contribution is -0.127. The largest absolute Gasteiger partial charge is 0.454 e. The Balaban J connectivity index is 1.25. The summed E-state index contributed by atoms with van der Waals surface area (Å²) < 4.78 is 10.6. The minimum Gasteiger partial charge on any atom is -0.454 e. The number of aryl methyl sites for hydroxylation is 1. The van der Waals surface area contributed by atoms with E-state index in [0.717, 1.165) is 16.8 Å². The van der Waals surface area contributed by atoms with Crippen LogP contribution >= 0.6 is 11.6 Å². The fourth-order valence-electron chi connectivity index (χ4n) is 3.52. The Kier molecular flexibility index (Phi) is 6.44. The maximum Gasteiger partial charge on any atom is 0.246 e. The van der Waals surface area contributed by atoms with Gasteiger partial charge in [0.2, 0.25) is 18.6 Å². The van der Waals surface area contributed by atoms with Crippen LogP contribution in [0.25, 0.3) is 6.08 Å². The molecule has 31 heavy (non-hydrogen) atoms. The zero-order chi connectivity index (χ0) is 21.8. The van der Waals surface area contributed by atoms with Gasteiger partial charge in [0.25, 0.3) is 0 Å². The number of carbonyl (C=O) groups excluding carboxylic acids is 2. The van der Waals surface area contributed by atoms with Crippen molar-refractivity contribution in [2.24, 2.45) is 0 Å². The monoisotopic (exact) mass is 441 g/mol. The van der Waals surface area contributed by atoms with Crippen LogP contribution in [0.15, 0.2) is 42.5 Å². The van der Waals surface area contributed by atoms with Gasteiger partial charge in [-0.25, -0.2) is 0 Å². The Hall–Kier alpha value is -3.03. The summed E-state index contributed by atoms with van der Waals surface area (Å²) in [6.07, 6.45) is 3.26. The molecule has 0 saturated carbocycles. The number of amides is 2. The van der Waals surface area contributed by atoms with Gasteiger partial charge < -0.3 is 19.7 Å². The molecule has 1 saturated heterocycles. The summed E-state index contributed by atoms with van der Waals surface area (Å²) in [5.41, 5.74) is 2.71. The molecule has 0 radical (unpaired) electrons. The van der Waals surface area contributed by atoms with Crippen LogP contribution in [0.3, 0.4) is 0 Å². The molecule has 7 nitrogen and oxygen atoms in total. The van der Waals surface area contributed by atoms with Gasteiger partial charge >= 0.3 is 0 Å². The standard InChI is InChI=1S/C23H24ClN3O4/c1-16-2-5-18(6-3-16)25-21(28)14-26-8-10-27(11-9-26)22(29)7-4-17-12-19(24)23-20(13-17)30-15-31-23/h2-7,12-13H,8-11,14-15H2,1H3,(H,25,28)/b7-4+. The molecule has 2 aliphatic heterocycles. The van der Waals surface area contributed by atoms with Crippen LogP contribution in [-0.2, 0) is 9.59 Å². The Morgan fingerprint density at radius 3 is 2.58 bits per heavy atom. The lowest BCUT2D eigenvalue weighted by Gasteiger charge is -2.33. The third-order valence-electron chi connectivity index (χ3n) is 5.25. The molecule has 2 aromatic rings. The van der Waals surface area contributed by atoms with E-state index in [1.54, 1.807) is 23.1 Å². The number of piperazine rings is 1. The normalized spacial score (nSPS) is 16.0. The smallest absolute Gasteiger partial charge is 0.246 e. The van der Waals surface area contributed by atoms with Crippen molar-refractivity contribution in [1.82, 2.24) is 9.80 Å². The quantitative estimate of drug-likeness (QED) is 0.721. The second kappa shape index (κ2) is 9.41. The third kappa shape index (κ3) is 5.37. The van der Waals surface area contributed by atoms with E-state index >= 15 is 0 Å². The SMILES string of the molecule is Cc1ccc(NC(=O)CN2CCN(C(=O)/C=C/c3cc(Cl)c4c(c3)OCO4)CC2)cc1. The number of rotatable bonds is 5. The van der Waals surface area contributed by atoms with Gasteiger partial charge in [0.1, 0.15) is 0 Å².